The number of hydrogen-bond donors (Lipinski definition) is 1. The molecule has 0 saturated carbocycles. The minimum atomic E-state index is -0.116. The number of fused-ring (bicyclic) bond motifs is 1. The molecule has 15 heavy (non-hydrogen) atoms. The topological polar surface area (TPSA) is 46.9 Å². The third kappa shape index (κ3) is 1.57. The first kappa shape index (κ1) is 9.98. The zero-order chi connectivity index (χ0) is 11.0. The molecule has 1 N–H and O–H groups in total. The van der Waals surface area contributed by atoms with Crippen molar-refractivity contribution < 1.29 is 4.79 Å². The summed E-state index contributed by atoms with van der Waals surface area (Å²) in [5.41, 5.74) is 2.24. The SMILES string of the molecule is CNC(=O)c1ccc2nc(Cl)n(C)c2c1. The van der Waals surface area contributed by atoms with E-state index >= 15 is 0 Å². The van der Waals surface area contributed by atoms with Crippen LogP contribution in [0.2, 0.25) is 5.28 Å². The molecule has 5 heteroatoms. The number of carbonyl (C=O) groups excluding carboxylic acids is 1. The van der Waals surface area contributed by atoms with Crippen LogP contribution in [0.4, 0.5) is 0 Å². The Hall–Kier alpha value is -1.55. The summed E-state index contributed by atoms with van der Waals surface area (Å²) >= 11 is 5.87. The standard InChI is InChI=1S/C10H10ClN3O/c1-12-9(15)6-3-4-7-8(5-6)14(2)10(11)13-7/h3-5H,1-2H3,(H,12,15). The van der Waals surface area contributed by atoms with Crippen LogP contribution in [0.3, 0.4) is 0 Å². The van der Waals surface area contributed by atoms with Gasteiger partial charge in [-0.3, -0.25) is 4.79 Å². The number of amides is 1. The first-order chi connectivity index (χ1) is 7.13. The fraction of sp³-hybridized carbons (Fsp3) is 0.200. The van der Waals surface area contributed by atoms with Crippen molar-refractivity contribution in [3.8, 4) is 0 Å². The molecule has 0 spiro atoms. The Balaban J connectivity index is 2.64. The molecule has 4 nitrogen and oxygen atoms in total. The van der Waals surface area contributed by atoms with E-state index in [0.717, 1.165) is 11.0 Å². The van der Waals surface area contributed by atoms with Gasteiger partial charge in [0.05, 0.1) is 11.0 Å². The fourth-order valence-electron chi connectivity index (χ4n) is 1.45. The number of rotatable bonds is 1. The van der Waals surface area contributed by atoms with E-state index in [4.69, 9.17) is 11.6 Å². The lowest BCUT2D eigenvalue weighted by Crippen LogP contribution is -2.17. The van der Waals surface area contributed by atoms with E-state index in [1.54, 1.807) is 29.8 Å². The molecule has 0 aliphatic heterocycles. The molecule has 78 valence electrons. The molecule has 2 rings (SSSR count). The van der Waals surface area contributed by atoms with E-state index in [0.29, 0.717) is 10.8 Å². The van der Waals surface area contributed by atoms with Crippen LogP contribution in [0.25, 0.3) is 11.0 Å². The lowest BCUT2D eigenvalue weighted by molar-refractivity contribution is 0.0963. The zero-order valence-corrected chi connectivity index (χ0v) is 9.17. The molecule has 2 aromatic rings. The number of imidazole rings is 1. The highest BCUT2D eigenvalue weighted by molar-refractivity contribution is 6.29. The monoisotopic (exact) mass is 223 g/mol. The molecule has 0 aliphatic rings. The van der Waals surface area contributed by atoms with Gasteiger partial charge in [0.25, 0.3) is 5.91 Å². The molecule has 0 aliphatic carbocycles. The lowest BCUT2D eigenvalue weighted by atomic mass is 10.2. The van der Waals surface area contributed by atoms with E-state index in [1.165, 1.54) is 0 Å². The second-order valence-corrected chi connectivity index (χ2v) is 3.56. The van der Waals surface area contributed by atoms with Gasteiger partial charge in [-0.2, -0.15) is 0 Å². The largest absolute Gasteiger partial charge is 0.355 e. The molecule has 0 atom stereocenters. The minimum Gasteiger partial charge on any atom is -0.355 e. The van der Waals surface area contributed by atoms with Crippen LogP contribution >= 0.6 is 11.6 Å². The molecule has 0 fully saturated rings. The van der Waals surface area contributed by atoms with Crippen molar-refractivity contribution in [2.45, 2.75) is 0 Å². The molecule has 1 aromatic carbocycles. The molecule has 0 saturated heterocycles. The summed E-state index contributed by atoms with van der Waals surface area (Å²) in [6.07, 6.45) is 0. The fourth-order valence-corrected chi connectivity index (χ4v) is 1.63. The molecular formula is C10H10ClN3O. The molecule has 1 amide bonds. The Labute approximate surface area is 91.9 Å². The first-order valence-corrected chi connectivity index (χ1v) is 4.85. The van der Waals surface area contributed by atoms with Crippen LogP contribution in [0.5, 0.6) is 0 Å². The van der Waals surface area contributed by atoms with E-state index < -0.39 is 0 Å². The van der Waals surface area contributed by atoms with Gasteiger partial charge in [-0.1, -0.05) is 0 Å². The quantitative estimate of drug-likeness (QED) is 0.798. The molecule has 1 aromatic heterocycles. The lowest BCUT2D eigenvalue weighted by Gasteiger charge is -2.00. The summed E-state index contributed by atoms with van der Waals surface area (Å²) in [6.45, 7) is 0. The van der Waals surface area contributed by atoms with E-state index in [9.17, 15) is 4.79 Å². The third-order valence-corrected chi connectivity index (χ3v) is 2.65. The summed E-state index contributed by atoms with van der Waals surface area (Å²) in [5.74, 6) is -0.116. The second-order valence-electron chi connectivity index (χ2n) is 3.22. The van der Waals surface area contributed by atoms with Gasteiger partial charge in [-0.05, 0) is 29.8 Å². The van der Waals surface area contributed by atoms with Gasteiger partial charge < -0.3 is 9.88 Å². The summed E-state index contributed by atoms with van der Waals surface area (Å²) < 4.78 is 1.74. The van der Waals surface area contributed by atoms with Gasteiger partial charge in [-0.15, -0.1) is 0 Å². The normalized spacial score (nSPS) is 10.6. The number of nitrogens with one attached hydrogen (secondary N) is 1. The maximum atomic E-state index is 11.4. The molecule has 1 heterocycles. The number of hydrogen-bond acceptors (Lipinski definition) is 2. The predicted molar refractivity (Wildman–Crippen MR) is 59.1 cm³/mol. The molecule has 0 bridgehead atoms. The number of benzene rings is 1. The van der Waals surface area contributed by atoms with Crippen LogP contribution in [0.15, 0.2) is 18.2 Å². The van der Waals surface area contributed by atoms with Crippen LogP contribution in [-0.4, -0.2) is 22.5 Å². The Bertz CT molecular complexity index is 533. The van der Waals surface area contributed by atoms with Gasteiger partial charge in [0, 0.05) is 19.7 Å². The van der Waals surface area contributed by atoms with E-state index in [1.807, 2.05) is 7.05 Å². The third-order valence-electron chi connectivity index (χ3n) is 2.32. The van der Waals surface area contributed by atoms with Gasteiger partial charge >= 0.3 is 0 Å². The minimum absolute atomic E-state index is 0.116. The van der Waals surface area contributed by atoms with Gasteiger partial charge in [-0.25, -0.2) is 4.98 Å². The van der Waals surface area contributed by atoms with Crippen molar-refractivity contribution in [1.82, 2.24) is 14.9 Å². The van der Waals surface area contributed by atoms with E-state index in [-0.39, 0.29) is 5.91 Å². The number of aromatic nitrogens is 2. The predicted octanol–water partition coefficient (Wildman–Crippen LogP) is 1.59. The van der Waals surface area contributed by atoms with Crippen molar-refractivity contribution in [3.63, 3.8) is 0 Å². The van der Waals surface area contributed by atoms with Crippen LogP contribution in [0, 0.1) is 0 Å². The average molecular weight is 224 g/mol. The van der Waals surface area contributed by atoms with Crippen molar-refractivity contribution in [2.75, 3.05) is 7.05 Å². The van der Waals surface area contributed by atoms with Crippen LogP contribution in [-0.2, 0) is 7.05 Å². The molecule has 0 unspecified atom stereocenters. The summed E-state index contributed by atoms with van der Waals surface area (Å²) in [4.78, 5) is 15.5. The van der Waals surface area contributed by atoms with Crippen LogP contribution < -0.4 is 5.32 Å². The van der Waals surface area contributed by atoms with Gasteiger partial charge in [0.2, 0.25) is 5.28 Å². The number of nitrogens with zero attached hydrogens (tertiary/aromatic N) is 2. The zero-order valence-electron chi connectivity index (χ0n) is 8.41. The highest BCUT2D eigenvalue weighted by Gasteiger charge is 2.09. The molecular weight excluding hydrogens is 214 g/mol. The highest BCUT2D eigenvalue weighted by atomic mass is 35.5. The number of carbonyl (C=O) groups is 1. The highest BCUT2D eigenvalue weighted by Crippen LogP contribution is 2.19. The maximum absolute atomic E-state index is 11.4. The Morgan fingerprint density at radius 2 is 2.27 bits per heavy atom. The van der Waals surface area contributed by atoms with Gasteiger partial charge in [0.1, 0.15) is 0 Å². The second kappa shape index (κ2) is 3.55. The molecule has 0 radical (unpaired) electrons. The summed E-state index contributed by atoms with van der Waals surface area (Å²) in [7, 11) is 3.41. The van der Waals surface area contributed by atoms with Crippen molar-refractivity contribution >= 4 is 28.5 Å². The maximum Gasteiger partial charge on any atom is 0.251 e. The van der Waals surface area contributed by atoms with Gasteiger partial charge in [0.15, 0.2) is 0 Å². The Morgan fingerprint density at radius 3 is 2.93 bits per heavy atom. The van der Waals surface area contributed by atoms with Crippen molar-refractivity contribution in [1.29, 1.82) is 0 Å². The smallest absolute Gasteiger partial charge is 0.251 e. The number of halogens is 1. The first-order valence-electron chi connectivity index (χ1n) is 4.47. The van der Waals surface area contributed by atoms with Crippen molar-refractivity contribution in [3.05, 3.63) is 29.0 Å². The Kier molecular flexibility index (Phi) is 2.36. The van der Waals surface area contributed by atoms with Crippen molar-refractivity contribution in [2.24, 2.45) is 7.05 Å². The Morgan fingerprint density at radius 1 is 1.53 bits per heavy atom. The number of aryl methyl sites for hydroxylation is 1. The summed E-state index contributed by atoms with van der Waals surface area (Å²) in [6, 6.07) is 5.28. The summed E-state index contributed by atoms with van der Waals surface area (Å²) in [5, 5.41) is 2.99. The van der Waals surface area contributed by atoms with Crippen LogP contribution in [0.1, 0.15) is 10.4 Å². The average Bonchev–Trinajstić information content (AvgIpc) is 2.54. The van der Waals surface area contributed by atoms with E-state index in [2.05, 4.69) is 10.3 Å².